The second-order valence-corrected chi connectivity index (χ2v) is 8.80. The molecule has 0 aromatic heterocycles. The van der Waals surface area contributed by atoms with Gasteiger partial charge in [0.15, 0.2) is 0 Å². The van der Waals surface area contributed by atoms with E-state index in [4.69, 9.17) is 13.3 Å². The molecule has 0 aliphatic heterocycles. The topological polar surface area (TPSA) is 27.7 Å². The molecule has 0 heterocycles. The third-order valence-corrected chi connectivity index (χ3v) is 7.93. The first-order valence-electron chi connectivity index (χ1n) is 7.59. The summed E-state index contributed by atoms with van der Waals surface area (Å²) in [6.07, 6.45) is 13.1. The molecule has 0 atom stereocenters. The summed E-state index contributed by atoms with van der Waals surface area (Å²) in [7, 11) is 1.14. The predicted octanol–water partition coefficient (Wildman–Crippen LogP) is 3.90. The van der Waals surface area contributed by atoms with Gasteiger partial charge >= 0.3 is 8.80 Å². The van der Waals surface area contributed by atoms with Crippen molar-refractivity contribution in [3.05, 3.63) is 0 Å². The summed E-state index contributed by atoms with van der Waals surface area (Å²) < 4.78 is 18.1. The Morgan fingerprint density at radius 2 is 1.22 bits per heavy atom. The van der Waals surface area contributed by atoms with Crippen molar-refractivity contribution in [1.29, 1.82) is 0 Å². The average molecular weight is 272 g/mol. The fourth-order valence-corrected chi connectivity index (χ4v) is 6.51. The van der Waals surface area contributed by atoms with Crippen LogP contribution in [0.25, 0.3) is 0 Å². The van der Waals surface area contributed by atoms with Crippen LogP contribution in [0.5, 0.6) is 0 Å². The van der Waals surface area contributed by atoms with Crippen molar-refractivity contribution < 1.29 is 13.3 Å². The first-order valence-corrected chi connectivity index (χ1v) is 9.39. The molecule has 0 aromatic rings. The molecule has 2 fully saturated rings. The zero-order valence-electron chi connectivity index (χ0n) is 12.0. The van der Waals surface area contributed by atoms with Crippen molar-refractivity contribution in [2.24, 2.45) is 0 Å². The molecule has 2 aliphatic carbocycles. The van der Waals surface area contributed by atoms with E-state index in [1.807, 2.05) is 0 Å². The van der Waals surface area contributed by atoms with Crippen molar-refractivity contribution >= 4 is 8.80 Å². The fraction of sp³-hybridized carbons (Fsp3) is 1.00. The molecule has 0 saturated heterocycles. The predicted molar refractivity (Wildman–Crippen MR) is 74.6 cm³/mol. The summed E-state index contributed by atoms with van der Waals surface area (Å²) in [5, 5.41) is 0. The van der Waals surface area contributed by atoms with Gasteiger partial charge in [-0.05, 0) is 25.7 Å². The van der Waals surface area contributed by atoms with Crippen LogP contribution in [0, 0.1) is 0 Å². The lowest BCUT2D eigenvalue weighted by Crippen LogP contribution is -2.51. The van der Waals surface area contributed by atoms with Crippen LogP contribution < -0.4 is 0 Å². The van der Waals surface area contributed by atoms with Crippen LogP contribution in [0.3, 0.4) is 0 Å². The molecule has 0 amide bonds. The van der Waals surface area contributed by atoms with Gasteiger partial charge in [0.1, 0.15) is 0 Å². The van der Waals surface area contributed by atoms with Crippen molar-refractivity contribution in [3.63, 3.8) is 0 Å². The minimum absolute atomic E-state index is 0.382. The Kier molecular flexibility index (Phi) is 5.67. The smallest absolute Gasteiger partial charge is 0.377 e. The van der Waals surface area contributed by atoms with Gasteiger partial charge in [-0.15, -0.1) is 0 Å². The van der Waals surface area contributed by atoms with Gasteiger partial charge in [-0.2, -0.15) is 0 Å². The molecular formula is C14H28O3Si. The fourth-order valence-electron chi connectivity index (χ4n) is 3.48. The van der Waals surface area contributed by atoms with E-state index in [0.717, 1.165) is 0 Å². The maximum Gasteiger partial charge on any atom is 0.503 e. The molecule has 2 saturated carbocycles. The molecule has 0 unspecified atom stereocenters. The minimum Gasteiger partial charge on any atom is -0.377 e. The lowest BCUT2D eigenvalue weighted by atomic mass is 9.98. The Morgan fingerprint density at radius 3 is 1.72 bits per heavy atom. The highest BCUT2D eigenvalue weighted by molar-refractivity contribution is 6.62. The van der Waals surface area contributed by atoms with Gasteiger partial charge in [-0.25, -0.2) is 0 Å². The number of hydrogen-bond acceptors (Lipinski definition) is 3. The van der Waals surface area contributed by atoms with Crippen LogP contribution in [0.4, 0.5) is 0 Å². The van der Waals surface area contributed by atoms with Crippen LogP contribution in [-0.4, -0.2) is 29.1 Å². The monoisotopic (exact) mass is 272 g/mol. The van der Waals surface area contributed by atoms with E-state index in [-0.39, 0.29) is 0 Å². The maximum absolute atomic E-state index is 6.41. The van der Waals surface area contributed by atoms with E-state index in [0.29, 0.717) is 11.6 Å². The van der Waals surface area contributed by atoms with Gasteiger partial charge < -0.3 is 13.3 Å². The highest BCUT2D eigenvalue weighted by atomic mass is 28.4. The van der Waals surface area contributed by atoms with Crippen molar-refractivity contribution in [3.8, 4) is 0 Å². The zero-order valence-corrected chi connectivity index (χ0v) is 13.0. The SMILES string of the molecule is CO[Si](OC)(OC1CCCCC1)C1CCCCC1. The second kappa shape index (κ2) is 7.03. The van der Waals surface area contributed by atoms with E-state index in [2.05, 4.69) is 0 Å². The van der Waals surface area contributed by atoms with Crippen molar-refractivity contribution in [2.75, 3.05) is 14.2 Å². The summed E-state index contributed by atoms with van der Waals surface area (Å²) in [6, 6.07) is 0. The molecule has 106 valence electrons. The molecule has 0 aromatic carbocycles. The van der Waals surface area contributed by atoms with E-state index in [1.165, 1.54) is 64.2 Å². The van der Waals surface area contributed by atoms with Gasteiger partial charge in [-0.1, -0.05) is 38.5 Å². The second-order valence-electron chi connectivity index (χ2n) is 5.72. The first-order chi connectivity index (χ1) is 8.80. The minimum atomic E-state index is -2.43. The molecule has 0 spiro atoms. The van der Waals surface area contributed by atoms with Gasteiger partial charge in [0.05, 0.1) is 0 Å². The molecule has 2 rings (SSSR count). The Bertz CT molecular complexity index is 231. The van der Waals surface area contributed by atoms with Crippen LogP contribution in [0.2, 0.25) is 5.54 Å². The van der Waals surface area contributed by atoms with Gasteiger partial charge in [-0.3, -0.25) is 0 Å². The van der Waals surface area contributed by atoms with Gasteiger partial charge in [0.2, 0.25) is 0 Å². The summed E-state index contributed by atoms with van der Waals surface area (Å²) in [5.74, 6) is 0. The molecule has 0 bridgehead atoms. The third kappa shape index (κ3) is 3.35. The molecular weight excluding hydrogens is 244 g/mol. The maximum atomic E-state index is 6.41. The van der Waals surface area contributed by atoms with Crippen molar-refractivity contribution in [1.82, 2.24) is 0 Å². The summed E-state index contributed by atoms with van der Waals surface area (Å²) in [4.78, 5) is 0. The Labute approximate surface area is 113 Å². The Hall–Kier alpha value is 0.0969. The first kappa shape index (κ1) is 14.5. The standard InChI is InChI=1S/C14H28O3Si/c1-15-18(16-2,14-11-7-4-8-12-14)17-13-9-5-3-6-10-13/h13-14H,3-12H2,1-2H3. The zero-order chi connectivity index (χ0) is 12.8. The van der Waals surface area contributed by atoms with Crippen LogP contribution >= 0.6 is 0 Å². The van der Waals surface area contributed by atoms with Gasteiger partial charge in [0, 0.05) is 25.9 Å². The molecule has 2 aliphatic rings. The molecule has 4 heteroatoms. The van der Waals surface area contributed by atoms with Gasteiger partial charge in [0.25, 0.3) is 0 Å². The molecule has 0 N–H and O–H groups in total. The summed E-state index contributed by atoms with van der Waals surface area (Å²) in [6.45, 7) is 0. The number of hydrogen-bond donors (Lipinski definition) is 0. The third-order valence-electron chi connectivity index (χ3n) is 4.56. The Morgan fingerprint density at radius 1 is 0.722 bits per heavy atom. The highest BCUT2D eigenvalue weighted by Gasteiger charge is 2.49. The molecule has 0 radical (unpaired) electrons. The molecule has 18 heavy (non-hydrogen) atoms. The van der Waals surface area contributed by atoms with E-state index in [1.54, 1.807) is 14.2 Å². The highest BCUT2D eigenvalue weighted by Crippen LogP contribution is 2.40. The summed E-state index contributed by atoms with van der Waals surface area (Å²) in [5.41, 5.74) is 0.531. The molecule has 3 nitrogen and oxygen atoms in total. The average Bonchev–Trinajstić information content (AvgIpc) is 2.47. The lowest BCUT2D eigenvalue weighted by Gasteiger charge is -2.39. The number of rotatable bonds is 5. The largest absolute Gasteiger partial charge is 0.503 e. The van der Waals surface area contributed by atoms with E-state index < -0.39 is 8.80 Å². The summed E-state index contributed by atoms with van der Waals surface area (Å²) >= 11 is 0. The lowest BCUT2D eigenvalue weighted by molar-refractivity contribution is 0.0267. The quantitative estimate of drug-likeness (QED) is 0.710. The Balaban J connectivity index is 1.99. The van der Waals surface area contributed by atoms with E-state index >= 15 is 0 Å². The normalized spacial score (nSPS) is 24.3. The van der Waals surface area contributed by atoms with Crippen LogP contribution in [0.15, 0.2) is 0 Å². The van der Waals surface area contributed by atoms with Crippen LogP contribution in [0.1, 0.15) is 64.2 Å². The van der Waals surface area contributed by atoms with Crippen LogP contribution in [-0.2, 0) is 13.3 Å². The van der Waals surface area contributed by atoms with E-state index in [9.17, 15) is 0 Å². The van der Waals surface area contributed by atoms with Crippen molar-refractivity contribution in [2.45, 2.75) is 75.9 Å².